The Kier molecular flexibility index (Phi) is 5.26. The Morgan fingerprint density at radius 1 is 1.18 bits per heavy atom. The Balaban J connectivity index is 1.87. The number of rotatable bonds is 6. The van der Waals surface area contributed by atoms with Crippen LogP contribution in [-0.2, 0) is 0 Å². The average molecular weight is 321 g/mol. The molecule has 1 heterocycles. The number of carbonyl (C=O) groups is 2. The minimum absolute atomic E-state index is 0.0278. The second-order valence-corrected chi connectivity index (χ2v) is 4.66. The lowest BCUT2D eigenvalue weighted by atomic mass is 10.2. The molecule has 3 N–H and O–H groups in total. The number of hydrogen-bond acceptors (Lipinski definition) is 5. The van der Waals surface area contributed by atoms with Gasteiger partial charge in [0.1, 0.15) is 17.7 Å². The van der Waals surface area contributed by atoms with E-state index in [0.29, 0.717) is 17.1 Å². The maximum absolute atomic E-state index is 11.9. The van der Waals surface area contributed by atoms with Gasteiger partial charge in [-0.3, -0.25) is 4.79 Å². The van der Waals surface area contributed by atoms with Gasteiger partial charge in [-0.05, 0) is 12.1 Å². The van der Waals surface area contributed by atoms with Crippen molar-refractivity contribution in [2.24, 2.45) is 0 Å². The fraction of sp³-hybridized carbons (Fsp3) is 0.143. The molecule has 0 aliphatic carbocycles. The maximum Gasteiger partial charge on any atom is 0.341 e. The van der Waals surface area contributed by atoms with Gasteiger partial charge in [0.15, 0.2) is 0 Å². The van der Waals surface area contributed by atoms with Gasteiger partial charge >= 0.3 is 5.97 Å². The first-order valence-electron chi connectivity index (χ1n) is 6.39. The molecule has 2 rings (SSSR count). The van der Waals surface area contributed by atoms with E-state index in [1.165, 1.54) is 12.5 Å². The highest BCUT2D eigenvalue weighted by atomic mass is 35.5. The lowest BCUT2D eigenvalue weighted by Gasteiger charge is -2.09. The second kappa shape index (κ2) is 7.37. The quantitative estimate of drug-likeness (QED) is 0.699. The predicted octanol–water partition coefficient (Wildman–Crippen LogP) is 1.67. The van der Waals surface area contributed by atoms with E-state index in [2.05, 4.69) is 20.6 Å². The zero-order valence-electron chi connectivity index (χ0n) is 11.4. The van der Waals surface area contributed by atoms with Crippen molar-refractivity contribution < 1.29 is 14.7 Å². The fourth-order valence-electron chi connectivity index (χ4n) is 1.72. The number of anilines is 1. The summed E-state index contributed by atoms with van der Waals surface area (Å²) in [5, 5.41) is 14.9. The van der Waals surface area contributed by atoms with Gasteiger partial charge in [-0.1, -0.05) is 23.7 Å². The van der Waals surface area contributed by atoms with E-state index < -0.39 is 5.97 Å². The number of aromatic nitrogens is 2. The molecule has 0 aliphatic heterocycles. The molecule has 0 radical (unpaired) electrons. The molecular weight excluding hydrogens is 308 g/mol. The Bertz CT molecular complexity index is 693. The van der Waals surface area contributed by atoms with Crippen molar-refractivity contribution in [1.29, 1.82) is 0 Å². The van der Waals surface area contributed by atoms with Crippen molar-refractivity contribution in [2.45, 2.75) is 0 Å². The largest absolute Gasteiger partial charge is 0.477 e. The maximum atomic E-state index is 11.9. The van der Waals surface area contributed by atoms with Crippen LogP contribution in [-0.4, -0.2) is 40.0 Å². The van der Waals surface area contributed by atoms with Crippen LogP contribution < -0.4 is 10.6 Å². The highest BCUT2D eigenvalue weighted by Crippen LogP contribution is 2.14. The molecule has 0 atom stereocenters. The third kappa shape index (κ3) is 3.92. The van der Waals surface area contributed by atoms with Crippen molar-refractivity contribution in [3.05, 3.63) is 52.9 Å². The van der Waals surface area contributed by atoms with E-state index in [1.807, 2.05) is 0 Å². The molecule has 0 aliphatic rings. The highest BCUT2D eigenvalue weighted by Gasteiger charge is 2.11. The van der Waals surface area contributed by atoms with Crippen molar-refractivity contribution >= 4 is 29.3 Å². The molecule has 0 fully saturated rings. The molecule has 114 valence electrons. The summed E-state index contributed by atoms with van der Waals surface area (Å²) in [5.74, 6) is -1.22. The van der Waals surface area contributed by atoms with E-state index >= 15 is 0 Å². The first kappa shape index (κ1) is 15.7. The van der Waals surface area contributed by atoms with Crippen LogP contribution in [0.2, 0.25) is 5.02 Å². The van der Waals surface area contributed by atoms with Crippen molar-refractivity contribution in [1.82, 2.24) is 15.3 Å². The fourth-order valence-corrected chi connectivity index (χ4v) is 1.95. The number of hydrogen-bond donors (Lipinski definition) is 3. The summed E-state index contributed by atoms with van der Waals surface area (Å²) in [4.78, 5) is 30.4. The highest BCUT2D eigenvalue weighted by molar-refractivity contribution is 6.33. The smallest absolute Gasteiger partial charge is 0.341 e. The summed E-state index contributed by atoms with van der Waals surface area (Å²) < 4.78 is 0. The third-order valence-electron chi connectivity index (χ3n) is 2.76. The molecule has 0 saturated carbocycles. The zero-order chi connectivity index (χ0) is 15.9. The molecule has 22 heavy (non-hydrogen) atoms. The molecular formula is C14H13ClN4O3. The predicted molar refractivity (Wildman–Crippen MR) is 81.3 cm³/mol. The molecule has 1 aromatic heterocycles. The standard InChI is InChI=1S/C14H13ClN4O3/c15-11-4-2-1-3-9(11)13(20)18-6-5-17-12-10(14(21)22)7-16-8-19-12/h1-4,7-8H,5-6H2,(H,18,20)(H,21,22)(H,16,17,19). The first-order chi connectivity index (χ1) is 10.6. The van der Waals surface area contributed by atoms with E-state index in [-0.39, 0.29) is 23.8 Å². The Morgan fingerprint density at radius 2 is 1.95 bits per heavy atom. The van der Waals surface area contributed by atoms with Gasteiger partial charge in [-0.15, -0.1) is 0 Å². The monoisotopic (exact) mass is 320 g/mol. The van der Waals surface area contributed by atoms with Crippen molar-refractivity contribution in [3.63, 3.8) is 0 Å². The summed E-state index contributed by atoms with van der Waals surface area (Å²) >= 11 is 5.92. The molecule has 0 spiro atoms. The molecule has 1 amide bonds. The molecule has 7 nitrogen and oxygen atoms in total. The van der Waals surface area contributed by atoms with Crippen molar-refractivity contribution in [3.8, 4) is 0 Å². The Labute approximate surface area is 131 Å². The number of amides is 1. The second-order valence-electron chi connectivity index (χ2n) is 4.25. The SMILES string of the molecule is O=C(NCCNc1ncncc1C(=O)O)c1ccccc1Cl. The van der Waals surface area contributed by atoms with Gasteiger partial charge in [0, 0.05) is 19.3 Å². The number of carboxylic acid groups (broad SMARTS) is 1. The van der Waals surface area contributed by atoms with Crippen molar-refractivity contribution in [2.75, 3.05) is 18.4 Å². The van der Waals surface area contributed by atoms with E-state index in [9.17, 15) is 9.59 Å². The molecule has 0 unspecified atom stereocenters. The zero-order valence-corrected chi connectivity index (χ0v) is 12.2. The van der Waals surface area contributed by atoms with Crippen LogP contribution in [0.15, 0.2) is 36.8 Å². The van der Waals surface area contributed by atoms with Gasteiger partial charge < -0.3 is 15.7 Å². The van der Waals surface area contributed by atoms with Crippen LogP contribution in [0.4, 0.5) is 5.82 Å². The minimum atomic E-state index is -1.12. The summed E-state index contributed by atoms with van der Waals surface area (Å²) in [6, 6.07) is 6.72. The number of carbonyl (C=O) groups excluding carboxylic acids is 1. The topological polar surface area (TPSA) is 104 Å². The first-order valence-corrected chi connectivity index (χ1v) is 6.77. The van der Waals surface area contributed by atoms with Crippen LogP contribution in [0.3, 0.4) is 0 Å². The summed E-state index contributed by atoms with van der Waals surface area (Å²) in [6.45, 7) is 0.598. The van der Waals surface area contributed by atoms with Gasteiger partial charge in [-0.2, -0.15) is 0 Å². The Morgan fingerprint density at radius 3 is 2.68 bits per heavy atom. The molecule has 2 aromatic rings. The summed E-state index contributed by atoms with van der Waals surface area (Å²) in [5.41, 5.74) is 0.359. The molecule has 8 heteroatoms. The van der Waals surface area contributed by atoms with E-state index in [1.54, 1.807) is 24.3 Å². The number of carboxylic acids is 1. The van der Waals surface area contributed by atoms with Crippen LogP contribution in [0.5, 0.6) is 0 Å². The average Bonchev–Trinajstić information content (AvgIpc) is 2.52. The minimum Gasteiger partial charge on any atom is -0.477 e. The lowest BCUT2D eigenvalue weighted by molar-refractivity contribution is 0.0696. The molecule has 0 saturated heterocycles. The van der Waals surface area contributed by atoms with E-state index in [0.717, 1.165) is 0 Å². The summed E-state index contributed by atoms with van der Waals surface area (Å²) in [6.07, 6.45) is 2.46. The van der Waals surface area contributed by atoms with Crippen LogP contribution in [0.1, 0.15) is 20.7 Å². The van der Waals surface area contributed by atoms with Crippen LogP contribution in [0, 0.1) is 0 Å². The normalized spacial score (nSPS) is 10.0. The lowest BCUT2D eigenvalue weighted by Crippen LogP contribution is -2.29. The third-order valence-corrected chi connectivity index (χ3v) is 3.09. The number of benzene rings is 1. The van der Waals surface area contributed by atoms with Crippen LogP contribution in [0.25, 0.3) is 0 Å². The van der Waals surface area contributed by atoms with Gasteiger partial charge in [0.05, 0.1) is 10.6 Å². The number of halogens is 1. The number of aromatic carboxylic acids is 1. The molecule has 0 bridgehead atoms. The van der Waals surface area contributed by atoms with Gasteiger partial charge in [-0.25, -0.2) is 14.8 Å². The number of nitrogens with zero attached hydrogens (tertiary/aromatic N) is 2. The summed E-state index contributed by atoms with van der Waals surface area (Å²) in [7, 11) is 0. The molecule has 1 aromatic carbocycles. The van der Waals surface area contributed by atoms with Gasteiger partial charge in [0.25, 0.3) is 5.91 Å². The Hall–Kier alpha value is -2.67. The van der Waals surface area contributed by atoms with E-state index in [4.69, 9.17) is 16.7 Å². The number of nitrogens with one attached hydrogen (secondary N) is 2. The van der Waals surface area contributed by atoms with Crippen LogP contribution >= 0.6 is 11.6 Å². The van der Waals surface area contributed by atoms with Gasteiger partial charge in [0.2, 0.25) is 0 Å².